The standard InChI is InChI=1S/C51H51F2N9O8S/c52-32-13-20-60(29-32)71(67,68)57-44-10-8-42(53)47(41(44)27-54)70-37-6-9-43-40(24-37)50(66)62(30-55-43)34-3-1-33(2-4-34)59-21-16-51(17-22-59)25-38(26-51)69-36-14-18-58(19-15-36)35-5-7-39-31(23-35)28-61(49(39)65)45-11-12-46(63)56-48(45)64/h1-10,23-24,30,32,36,38,45,57H,11-22,25-26,28-29H2,(H,56,63,64)/t32?,45-/m0/s1. The summed E-state index contributed by atoms with van der Waals surface area (Å²) < 4.78 is 71.9. The van der Waals surface area contributed by atoms with Crippen molar-refractivity contribution in [2.75, 3.05) is 53.8 Å². The Morgan fingerprint density at radius 2 is 1.56 bits per heavy atom. The van der Waals surface area contributed by atoms with Crippen molar-refractivity contribution in [3.05, 3.63) is 112 Å². The minimum Gasteiger partial charge on any atom is -0.453 e. The van der Waals surface area contributed by atoms with Crippen molar-refractivity contribution < 1.29 is 41.1 Å². The maximum Gasteiger partial charge on any atom is 0.301 e. The Morgan fingerprint density at radius 3 is 2.28 bits per heavy atom. The van der Waals surface area contributed by atoms with Crippen LogP contribution in [0.3, 0.4) is 0 Å². The number of amides is 3. The lowest BCUT2D eigenvalue weighted by Gasteiger charge is -2.53. The molecule has 4 aromatic carbocycles. The number of fused-ring (bicyclic) bond motifs is 2. The summed E-state index contributed by atoms with van der Waals surface area (Å²) in [5.41, 5.74) is 3.79. The number of nitrogens with zero attached hydrogens (tertiary/aromatic N) is 7. The third-order valence-corrected chi connectivity index (χ3v) is 16.7. The third kappa shape index (κ3) is 8.95. The number of carbonyl (C=O) groups excluding carboxylic acids is 3. The summed E-state index contributed by atoms with van der Waals surface area (Å²) in [5.74, 6) is -2.33. The molecule has 6 aliphatic rings. The van der Waals surface area contributed by atoms with Gasteiger partial charge in [0.15, 0.2) is 11.6 Å². The zero-order valence-electron chi connectivity index (χ0n) is 38.7. The molecule has 1 saturated carbocycles. The molecule has 4 saturated heterocycles. The van der Waals surface area contributed by atoms with Crippen molar-refractivity contribution >= 4 is 55.9 Å². The molecule has 2 N–H and O–H groups in total. The Morgan fingerprint density at radius 1 is 0.831 bits per heavy atom. The third-order valence-electron chi connectivity index (χ3n) is 15.2. The van der Waals surface area contributed by atoms with E-state index in [0.29, 0.717) is 29.7 Å². The number of aromatic nitrogens is 2. The Balaban J connectivity index is 0.669. The molecule has 0 radical (unpaired) electrons. The van der Waals surface area contributed by atoms with Gasteiger partial charge >= 0.3 is 10.2 Å². The monoisotopic (exact) mass is 987 g/mol. The summed E-state index contributed by atoms with van der Waals surface area (Å²) in [6, 6.07) is 21.3. The Hall–Kier alpha value is -6.95. The molecular formula is C51H51F2N9O8S. The number of carbonyl (C=O) groups is 3. The van der Waals surface area contributed by atoms with Gasteiger partial charge in [0.1, 0.15) is 35.9 Å². The van der Waals surface area contributed by atoms with E-state index in [9.17, 15) is 37.2 Å². The van der Waals surface area contributed by atoms with E-state index in [1.807, 2.05) is 42.5 Å². The number of alkyl halides is 1. The molecule has 6 heterocycles. The van der Waals surface area contributed by atoms with Gasteiger partial charge in [0.25, 0.3) is 11.5 Å². The second-order valence-electron chi connectivity index (χ2n) is 19.6. The average Bonchev–Trinajstić information content (AvgIpc) is 3.95. The second kappa shape index (κ2) is 18.3. The molecule has 0 bridgehead atoms. The Bertz CT molecular complexity index is 3180. The molecule has 1 spiro atoms. The molecule has 1 aromatic heterocycles. The lowest BCUT2D eigenvalue weighted by atomic mass is 9.61. The smallest absolute Gasteiger partial charge is 0.301 e. The van der Waals surface area contributed by atoms with E-state index in [4.69, 9.17) is 9.47 Å². The van der Waals surface area contributed by atoms with Crippen LogP contribution in [-0.2, 0) is 31.1 Å². The van der Waals surface area contributed by atoms with Crippen molar-refractivity contribution in [2.45, 2.75) is 88.8 Å². The molecule has 1 aliphatic carbocycles. The number of hydrogen-bond acceptors (Lipinski definition) is 12. The van der Waals surface area contributed by atoms with Crippen molar-refractivity contribution in [3.63, 3.8) is 0 Å². The van der Waals surface area contributed by atoms with Crippen LogP contribution in [0.1, 0.15) is 79.3 Å². The number of piperidine rings is 3. The Labute approximate surface area is 408 Å². The fourth-order valence-electron chi connectivity index (χ4n) is 11.2. The molecule has 2 atom stereocenters. The van der Waals surface area contributed by atoms with Crippen LogP contribution in [-0.4, -0.2) is 109 Å². The summed E-state index contributed by atoms with van der Waals surface area (Å²) in [5, 5.41) is 12.5. The largest absolute Gasteiger partial charge is 0.453 e. The van der Waals surface area contributed by atoms with Gasteiger partial charge in [0.2, 0.25) is 11.8 Å². The van der Waals surface area contributed by atoms with Gasteiger partial charge in [0.05, 0.1) is 34.5 Å². The minimum absolute atomic E-state index is 0.0183. The van der Waals surface area contributed by atoms with Gasteiger partial charge in [-0.05, 0) is 135 Å². The zero-order valence-corrected chi connectivity index (χ0v) is 39.5. The summed E-state index contributed by atoms with van der Waals surface area (Å²) in [6.45, 7) is 3.51. The summed E-state index contributed by atoms with van der Waals surface area (Å²) >= 11 is 0. The van der Waals surface area contributed by atoms with E-state index in [0.717, 1.165) is 98.1 Å². The number of benzene rings is 4. The first kappa shape index (κ1) is 46.4. The lowest BCUT2D eigenvalue weighted by molar-refractivity contribution is -0.136. The molecule has 368 valence electrons. The van der Waals surface area contributed by atoms with Crippen LogP contribution in [0.5, 0.6) is 11.5 Å². The van der Waals surface area contributed by atoms with Gasteiger partial charge in [-0.1, -0.05) is 0 Å². The van der Waals surface area contributed by atoms with E-state index in [1.165, 1.54) is 29.1 Å². The SMILES string of the molecule is N#Cc1c(NS(=O)(=O)N2CCC(F)C2)ccc(F)c1Oc1ccc2ncn(-c3ccc(N4CCC5(CC4)CC(OC4CCN(c6ccc7c(c6)CN([C@H]6CCC(=O)NC6=O)C7=O)CC4)C5)cc3)c(=O)c2c1. The second-order valence-corrected chi connectivity index (χ2v) is 21.2. The molecule has 5 aromatic rings. The van der Waals surface area contributed by atoms with Crippen molar-refractivity contribution in [1.29, 1.82) is 5.26 Å². The highest BCUT2D eigenvalue weighted by Gasteiger charge is 2.47. The predicted octanol–water partition coefficient (Wildman–Crippen LogP) is 6.08. The van der Waals surface area contributed by atoms with Gasteiger partial charge in [-0.15, -0.1) is 0 Å². The number of rotatable bonds is 11. The quantitative estimate of drug-likeness (QED) is 0.145. The van der Waals surface area contributed by atoms with Crippen LogP contribution in [0, 0.1) is 22.6 Å². The predicted molar refractivity (Wildman–Crippen MR) is 258 cm³/mol. The number of nitrogens with one attached hydrogen (secondary N) is 2. The molecule has 3 amide bonds. The van der Waals surface area contributed by atoms with Crippen LogP contribution >= 0.6 is 0 Å². The molecule has 71 heavy (non-hydrogen) atoms. The van der Waals surface area contributed by atoms with E-state index < -0.39 is 51.0 Å². The summed E-state index contributed by atoms with van der Waals surface area (Å²) in [7, 11) is -4.24. The normalized spacial score (nSPS) is 21.9. The zero-order chi connectivity index (χ0) is 49.2. The maximum absolute atomic E-state index is 15.2. The summed E-state index contributed by atoms with van der Waals surface area (Å²) in [6.07, 6.45) is 7.26. The number of imide groups is 1. The highest BCUT2D eigenvalue weighted by atomic mass is 32.2. The molecular weight excluding hydrogens is 937 g/mol. The van der Waals surface area contributed by atoms with Crippen LogP contribution in [0.2, 0.25) is 0 Å². The first-order valence-corrected chi connectivity index (χ1v) is 25.5. The molecule has 5 aliphatic heterocycles. The maximum atomic E-state index is 15.2. The van der Waals surface area contributed by atoms with Crippen LogP contribution < -0.4 is 30.1 Å². The molecule has 1 unspecified atom stereocenters. The number of hydrogen-bond donors (Lipinski definition) is 2. The van der Waals surface area contributed by atoms with Crippen LogP contribution in [0.25, 0.3) is 16.6 Å². The number of nitriles is 1. The van der Waals surface area contributed by atoms with E-state index in [1.54, 1.807) is 4.90 Å². The average molecular weight is 988 g/mol. The topological polar surface area (TPSA) is 200 Å². The van der Waals surface area contributed by atoms with Crippen molar-refractivity contribution in [3.8, 4) is 23.3 Å². The first-order valence-electron chi connectivity index (χ1n) is 24.1. The van der Waals surface area contributed by atoms with Crippen LogP contribution in [0.15, 0.2) is 83.9 Å². The fraction of sp³-hybridized carbons (Fsp3) is 0.412. The van der Waals surface area contributed by atoms with E-state index in [-0.39, 0.29) is 72.2 Å². The van der Waals surface area contributed by atoms with Gasteiger partial charge in [-0.2, -0.15) is 18.0 Å². The van der Waals surface area contributed by atoms with Crippen LogP contribution in [0.4, 0.5) is 25.8 Å². The van der Waals surface area contributed by atoms with E-state index >= 15 is 4.39 Å². The Kier molecular flexibility index (Phi) is 12.0. The molecule has 20 heteroatoms. The van der Waals surface area contributed by atoms with Crippen molar-refractivity contribution in [2.24, 2.45) is 5.41 Å². The van der Waals surface area contributed by atoms with Gasteiger partial charge < -0.3 is 24.2 Å². The number of anilines is 3. The highest BCUT2D eigenvalue weighted by molar-refractivity contribution is 7.90. The first-order chi connectivity index (χ1) is 34.2. The molecule has 5 fully saturated rings. The van der Waals surface area contributed by atoms with Crippen molar-refractivity contribution in [1.82, 2.24) is 24.1 Å². The van der Waals surface area contributed by atoms with Gasteiger partial charge in [-0.3, -0.25) is 33.8 Å². The van der Waals surface area contributed by atoms with Gasteiger partial charge in [-0.25, -0.2) is 13.8 Å². The van der Waals surface area contributed by atoms with Gasteiger partial charge in [0, 0.05) is 69.2 Å². The minimum atomic E-state index is -4.24. The molecule has 17 nitrogen and oxygen atoms in total. The lowest BCUT2D eigenvalue weighted by Crippen LogP contribution is -2.52. The number of halogens is 2. The fourth-order valence-corrected chi connectivity index (χ4v) is 12.5. The number of ether oxygens (including phenoxy) is 2. The summed E-state index contributed by atoms with van der Waals surface area (Å²) in [4.78, 5) is 62.0. The molecule has 11 rings (SSSR count). The highest BCUT2D eigenvalue weighted by Crippen LogP contribution is 2.51. The van der Waals surface area contributed by atoms with E-state index in [2.05, 4.69) is 30.9 Å².